The first-order valence-electron chi connectivity index (χ1n) is 10.0. The molecule has 0 saturated carbocycles. The van der Waals surface area contributed by atoms with Crippen molar-refractivity contribution in [3.8, 4) is 0 Å². The van der Waals surface area contributed by atoms with E-state index in [1.54, 1.807) is 0 Å². The Labute approximate surface area is 165 Å². The van der Waals surface area contributed by atoms with Gasteiger partial charge in [-0.25, -0.2) is 4.79 Å². The van der Waals surface area contributed by atoms with Crippen molar-refractivity contribution in [2.45, 2.75) is 97.4 Å². The molecule has 3 N–H and O–H groups in total. The quantitative estimate of drug-likeness (QED) is 0.244. The first-order valence-corrected chi connectivity index (χ1v) is 10.0. The van der Waals surface area contributed by atoms with Crippen molar-refractivity contribution in [1.82, 2.24) is 5.32 Å². The first kappa shape index (κ1) is 27.6. The van der Waals surface area contributed by atoms with Gasteiger partial charge in [-0.15, -0.1) is 0 Å². The number of aliphatic hydroxyl groups is 1. The van der Waals surface area contributed by atoms with Crippen LogP contribution in [0.1, 0.15) is 91.4 Å². The second-order valence-electron chi connectivity index (χ2n) is 6.62. The lowest BCUT2D eigenvalue weighted by Gasteiger charge is -2.11. The number of aliphatic hydroxyl groups excluding tert-OH is 1. The van der Waals surface area contributed by atoms with Gasteiger partial charge in [0, 0.05) is 6.42 Å². The molecule has 0 heterocycles. The normalized spacial score (nSPS) is 12.2. The molecular formula is C22H41NO4. The molecule has 1 atom stereocenters. The molecule has 0 aromatic carbocycles. The number of carboxylic acids is 1. The number of carbonyl (C=O) groups is 2. The molecule has 0 aromatic rings. The minimum atomic E-state index is -1.21. The van der Waals surface area contributed by atoms with Gasteiger partial charge in [-0.1, -0.05) is 70.8 Å². The van der Waals surface area contributed by atoms with Crippen LogP contribution >= 0.6 is 0 Å². The molecule has 0 spiro atoms. The number of rotatable bonds is 17. The maximum absolute atomic E-state index is 11.6. The van der Waals surface area contributed by atoms with E-state index in [9.17, 15) is 9.59 Å². The SMILES string of the molecule is C.CCCCC/C=C\C/C=C\CCCCCCCC(=O)NC(CO)C(=O)O. The summed E-state index contributed by atoms with van der Waals surface area (Å²) in [5.41, 5.74) is 0. The van der Waals surface area contributed by atoms with Gasteiger partial charge >= 0.3 is 5.97 Å². The number of carbonyl (C=O) groups excluding carboxylic acids is 1. The van der Waals surface area contributed by atoms with Crippen LogP contribution in [0.25, 0.3) is 0 Å². The second kappa shape index (κ2) is 20.7. The van der Waals surface area contributed by atoms with E-state index in [4.69, 9.17) is 10.2 Å². The monoisotopic (exact) mass is 383 g/mol. The maximum atomic E-state index is 11.6. The average Bonchev–Trinajstić information content (AvgIpc) is 2.62. The lowest BCUT2D eigenvalue weighted by Crippen LogP contribution is -2.43. The molecule has 5 heteroatoms. The summed E-state index contributed by atoms with van der Waals surface area (Å²) in [6.45, 7) is 1.64. The fourth-order valence-corrected chi connectivity index (χ4v) is 2.55. The Morgan fingerprint density at radius 3 is 2.00 bits per heavy atom. The molecule has 1 amide bonds. The molecule has 0 aliphatic rings. The maximum Gasteiger partial charge on any atom is 0.328 e. The van der Waals surface area contributed by atoms with Crippen LogP contribution in [0.2, 0.25) is 0 Å². The number of aliphatic carboxylic acids is 1. The minimum Gasteiger partial charge on any atom is -0.480 e. The Bertz CT molecular complexity index is 419. The van der Waals surface area contributed by atoms with Gasteiger partial charge in [0.1, 0.15) is 6.04 Å². The largest absolute Gasteiger partial charge is 0.480 e. The smallest absolute Gasteiger partial charge is 0.328 e. The molecule has 5 nitrogen and oxygen atoms in total. The van der Waals surface area contributed by atoms with Gasteiger partial charge in [0.15, 0.2) is 0 Å². The molecule has 0 aliphatic carbocycles. The fourth-order valence-electron chi connectivity index (χ4n) is 2.55. The van der Waals surface area contributed by atoms with Crippen molar-refractivity contribution in [1.29, 1.82) is 0 Å². The minimum absolute atomic E-state index is 0. The van der Waals surface area contributed by atoms with Crippen LogP contribution in [0.4, 0.5) is 0 Å². The van der Waals surface area contributed by atoms with Gasteiger partial charge in [-0.3, -0.25) is 4.79 Å². The summed E-state index contributed by atoms with van der Waals surface area (Å²) in [6.07, 6.45) is 21.6. The van der Waals surface area contributed by atoms with E-state index in [-0.39, 0.29) is 13.3 Å². The zero-order chi connectivity index (χ0) is 19.5. The molecule has 1 unspecified atom stereocenters. The van der Waals surface area contributed by atoms with Crippen LogP contribution in [0.5, 0.6) is 0 Å². The van der Waals surface area contributed by atoms with Crippen molar-refractivity contribution in [2.24, 2.45) is 0 Å². The molecule has 0 fully saturated rings. The highest BCUT2D eigenvalue weighted by molar-refractivity contribution is 5.83. The lowest BCUT2D eigenvalue weighted by atomic mass is 10.1. The number of hydrogen-bond donors (Lipinski definition) is 3. The second-order valence-corrected chi connectivity index (χ2v) is 6.62. The van der Waals surface area contributed by atoms with Gasteiger partial charge in [0.25, 0.3) is 0 Å². The van der Waals surface area contributed by atoms with Crippen molar-refractivity contribution in [2.75, 3.05) is 6.61 Å². The lowest BCUT2D eigenvalue weighted by molar-refractivity contribution is -0.142. The van der Waals surface area contributed by atoms with Crippen LogP contribution in [0, 0.1) is 0 Å². The third kappa shape index (κ3) is 19.0. The zero-order valence-corrected chi connectivity index (χ0v) is 16.3. The van der Waals surface area contributed by atoms with Gasteiger partial charge in [0.05, 0.1) is 6.61 Å². The summed E-state index contributed by atoms with van der Waals surface area (Å²) in [5, 5.41) is 19.9. The van der Waals surface area contributed by atoms with Gasteiger partial charge < -0.3 is 15.5 Å². The average molecular weight is 384 g/mol. The third-order valence-corrected chi connectivity index (χ3v) is 4.17. The van der Waals surface area contributed by atoms with Gasteiger partial charge in [0.2, 0.25) is 5.91 Å². The molecular weight excluding hydrogens is 342 g/mol. The number of nitrogens with one attached hydrogen (secondary N) is 1. The summed E-state index contributed by atoms with van der Waals surface area (Å²) in [7, 11) is 0. The summed E-state index contributed by atoms with van der Waals surface area (Å²) < 4.78 is 0. The summed E-state index contributed by atoms with van der Waals surface area (Å²) in [4.78, 5) is 22.2. The Balaban J connectivity index is 0. The van der Waals surface area contributed by atoms with Crippen LogP contribution in [-0.4, -0.2) is 34.7 Å². The zero-order valence-electron chi connectivity index (χ0n) is 16.3. The Hall–Kier alpha value is -1.62. The van der Waals surface area contributed by atoms with E-state index in [1.165, 1.54) is 25.7 Å². The summed E-state index contributed by atoms with van der Waals surface area (Å²) >= 11 is 0. The predicted molar refractivity (Wildman–Crippen MR) is 113 cm³/mol. The molecule has 0 saturated heterocycles. The molecule has 0 bridgehead atoms. The van der Waals surface area contributed by atoms with Crippen LogP contribution in [0.15, 0.2) is 24.3 Å². The number of allylic oxidation sites excluding steroid dienone is 4. The fraction of sp³-hybridized carbons (Fsp3) is 0.727. The number of unbranched alkanes of at least 4 members (excludes halogenated alkanes) is 8. The molecule has 0 radical (unpaired) electrons. The van der Waals surface area contributed by atoms with E-state index in [0.29, 0.717) is 6.42 Å². The van der Waals surface area contributed by atoms with Crippen molar-refractivity contribution in [3.63, 3.8) is 0 Å². The van der Waals surface area contributed by atoms with Crippen molar-refractivity contribution in [3.05, 3.63) is 24.3 Å². The van der Waals surface area contributed by atoms with Crippen molar-refractivity contribution >= 4 is 11.9 Å². The first-order chi connectivity index (χ1) is 12.6. The Morgan fingerprint density at radius 1 is 0.889 bits per heavy atom. The van der Waals surface area contributed by atoms with Crippen LogP contribution < -0.4 is 5.32 Å². The molecule has 0 rings (SSSR count). The van der Waals surface area contributed by atoms with E-state index in [0.717, 1.165) is 44.9 Å². The van der Waals surface area contributed by atoms with Gasteiger partial charge in [-0.2, -0.15) is 0 Å². The Morgan fingerprint density at radius 2 is 1.44 bits per heavy atom. The predicted octanol–water partition coefficient (Wildman–Crippen LogP) is 5.00. The summed E-state index contributed by atoms with van der Waals surface area (Å²) in [6, 6.07) is -1.19. The van der Waals surface area contributed by atoms with E-state index >= 15 is 0 Å². The molecule has 27 heavy (non-hydrogen) atoms. The molecule has 0 aliphatic heterocycles. The van der Waals surface area contributed by atoms with Gasteiger partial charge in [-0.05, 0) is 38.5 Å². The van der Waals surface area contributed by atoms with Crippen LogP contribution in [0.3, 0.4) is 0 Å². The van der Waals surface area contributed by atoms with E-state index in [2.05, 4.69) is 36.5 Å². The van der Waals surface area contributed by atoms with E-state index in [1.807, 2.05) is 0 Å². The van der Waals surface area contributed by atoms with Crippen molar-refractivity contribution < 1.29 is 19.8 Å². The Kier molecular flexibility index (Phi) is 21.1. The molecule has 158 valence electrons. The number of hydrogen-bond acceptors (Lipinski definition) is 3. The highest BCUT2D eigenvalue weighted by Gasteiger charge is 2.17. The molecule has 0 aromatic heterocycles. The standard InChI is InChI=1S/C21H37NO4.CH4/c1-2-3-4-5-6-7-8-9-10-11-12-13-14-15-16-17-20(24)22-19(18-23)21(25)26;/h6-7,9-10,19,23H,2-5,8,11-18H2,1H3,(H,22,24)(H,25,26);1H4/b7-6-,10-9-;. The highest BCUT2D eigenvalue weighted by Crippen LogP contribution is 2.08. The topological polar surface area (TPSA) is 86.6 Å². The third-order valence-electron chi connectivity index (χ3n) is 4.17. The highest BCUT2D eigenvalue weighted by atomic mass is 16.4. The number of amides is 1. The summed E-state index contributed by atoms with van der Waals surface area (Å²) in [5.74, 6) is -1.52. The number of carboxylic acid groups (broad SMARTS) is 1. The van der Waals surface area contributed by atoms with Crippen LogP contribution in [-0.2, 0) is 9.59 Å². The van der Waals surface area contributed by atoms with E-state index < -0.39 is 18.6 Å².